The molecule has 0 aliphatic carbocycles. The summed E-state index contributed by atoms with van der Waals surface area (Å²) in [5, 5.41) is 9.46. The number of aromatic nitrogens is 5. The number of hydrogen-bond donors (Lipinski definition) is 2. The highest BCUT2D eigenvalue weighted by Gasteiger charge is 2.34. The number of nitrogens with one attached hydrogen (secondary N) is 2. The van der Waals surface area contributed by atoms with Gasteiger partial charge in [-0.3, -0.25) is 5.10 Å². The summed E-state index contributed by atoms with van der Waals surface area (Å²) < 4.78 is 39.5. The lowest BCUT2D eigenvalue weighted by Crippen LogP contribution is -2.20. The van der Waals surface area contributed by atoms with Crippen molar-refractivity contribution in [2.24, 2.45) is 0 Å². The molecule has 0 bridgehead atoms. The lowest BCUT2D eigenvalue weighted by molar-refractivity contribution is -0.141. The molecule has 0 radical (unpaired) electrons. The standard InChI is InChI=1S/C16H16F3N7/c1-26(2)12-8-11(16(17,18)19)22-15(23-12)24-13(14-20-9-21-25-14)10-6-4-3-5-7-10/h3-9,13H,1-2H3,(H,20,21,25)(H,22,23,24)/t13-/m0/s1. The number of benzene rings is 1. The number of anilines is 2. The molecule has 0 unspecified atom stereocenters. The maximum atomic E-state index is 13.2. The fourth-order valence-corrected chi connectivity index (χ4v) is 2.31. The maximum absolute atomic E-state index is 13.2. The Morgan fingerprint density at radius 1 is 1.12 bits per heavy atom. The van der Waals surface area contributed by atoms with Crippen molar-refractivity contribution >= 4 is 11.8 Å². The van der Waals surface area contributed by atoms with E-state index in [0.29, 0.717) is 5.82 Å². The summed E-state index contributed by atoms with van der Waals surface area (Å²) in [4.78, 5) is 13.4. The first-order chi connectivity index (χ1) is 12.3. The third kappa shape index (κ3) is 3.90. The highest BCUT2D eigenvalue weighted by molar-refractivity contribution is 5.46. The monoisotopic (exact) mass is 363 g/mol. The van der Waals surface area contributed by atoms with Gasteiger partial charge in [0.25, 0.3) is 0 Å². The topological polar surface area (TPSA) is 82.6 Å². The third-order valence-electron chi connectivity index (χ3n) is 3.57. The summed E-state index contributed by atoms with van der Waals surface area (Å²) in [6.45, 7) is 0. The Balaban J connectivity index is 2.03. The van der Waals surface area contributed by atoms with Gasteiger partial charge in [0.15, 0.2) is 11.5 Å². The van der Waals surface area contributed by atoms with E-state index in [1.165, 1.54) is 11.2 Å². The molecule has 3 aromatic rings. The first-order valence-corrected chi connectivity index (χ1v) is 7.65. The van der Waals surface area contributed by atoms with Gasteiger partial charge in [-0.15, -0.1) is 0 Å². The van der Waals surface area contributed by atoms with Crippen molar-refractivity contribution in [3.05, 3.63) is 59.8 Å². The summed E-state index contributed by atoms with van der Waals surface area (Å²) in [5.74, 6) is 0.414. The van der Waals surface area contributed by atoms with Crippen LogP contribution in [0.2, 0.25) is 0 Å². The van der Waals surface area contributed by atoms with Crippen LogP contribution in [0.4, 0.5) is 24.9 Å². The van der Waals surface area contributed by atoms with Gasteiger partial charge in [-0.25, -0.2) is 9.97 Å². The van der Waals surface area contributed by atoms with Crippen LogP contribution in [0, 0.1) is 0 Å². The Morgan fingerprint density at radius 2 is 1.85 bits per heavy atom. The summed E-state index contributed by atoms with van der Waals surface area (Å²) in [5.41, 5.74) is -0.250. The first kappa shape index (κ1) is 17.6. The molecule has 7 nitrogen and oxygen atoms in total. The lowest BCUT2D eigenvalue weighted by atomic mass is 10.1. The van der Waals surface area contributed by atoms with Gasteiger partial charge < -0.3 is 10.2 Å². The van der Waals surface area contributed by atoms with Crippen LogP contribution in [0.25, 0.3) is 0 Å². The first-order valence-electron chi connectivity index (χ1n) is 7.65. The van der Waals surface area contributed by atoms with Crippen LogP contribution >= 0.6 is 0 Å². The van der Waals surface area contributed by atoms with E-state index >= 15 is 0 Å². The molecular weight excluding hydrogens is 347 g/mol. The molecule has 1 atom stereocenters. The van der Waals surface area contributed by atoms with Crippen molar-refractivity contribution in [2.45, 2.75) is 12.2 Å². The number of alkyl halides is 3. The Morgan fingerprint density at radius 3 is 2.42 bits per heavy atom. The van der Waals surface area contributed by atoms with Gasteiger partial charge in [0.2, 0.25) is 5.95 Å². The molecule has 0 amide bonds. The largest absolute Gasteiger partial charge is 0.433 e. The number of H-pyrrole nitrogens is 1. The predicted molar refractivity (Wildman–Crippen MR) is 89.7 cm³/mol. The summed E-state index contributed by atoms with van der Waals surface area (Å²) in [6, 6.07) is 9.43. The van der Waals surface area contributed by atoms with Crippen LogP contribution in [0.3, 0.4) is 0 Å². The van der Waals surface area contributed by atoms with Crippen LogP contribution in [0.15, 0.2) is 42.7 Å². The Bertz CT molecular complexity index is 848. The minimum atomic E-state index is -4.58. The molecule has 0 aliphatic heterocycles. The molecular formula is C16H16F3N7. The van der Waals surface area contributed by atoms with Crippen LogP contribution in [-0.2, 0) is 6.18 Å². The molecule has 0 fully saturated rings. The number of nitrogens with zero attached hydrogens (tertiary/aromatic N) is 5. The molecule has 0 saturated heterocycles. The van der Waals surface area contributed by atoms with E-state index in [4.69, 9.17) is 0 Å². The molecule has 0 saturated carbocycles. The molecule has 10 heteroatoms. The number of rotatable bonds is 5. The second kappa shape index (κ2) is 6.98. The summed E-state index contributed by atoms with van der Waals surface area (Å²) in [6.07, 6.45) is -3.26. The fourth-order valence-electron chi connectivity index (χ4n) is 2.31. The maximum Gasteiger partial charge on any atom is 0.433 e. The van der Waals surface area contributed by atoms with E-state index in [1.807, 2.05) is 30.3 Å². The van der Waals surface area contributed by atoms with Crippen molar-refractivity contribution < 1.29 is 13.2 Å². The second-order valence-electron chi connectivity index (χ2n) is 5.69. The molecule has 2 heterocycles. The van der Waals surface area contributed by atoms with Gasteiger partial charge in [-0.05, 0) is 5.56 Å². The summed E-state index contributed by atoms with van der Waals surface area (Å²) >= 11 is 0. The van der Waals surface area contributed by atoms with Gasteiger partial charge in [-0.2, -0.15) is 23.3 Å². The zero-order valence-electron chi connectivity index (χ0n) is 14.0. The minimum Gasteiger partial charge on any atom is -0.363 e. The Kier molecular flexibility index (Phi) is 4.74. The van der Waals surface area contributed by atoms with Gasteiger partial charge >= 0.3 is 6.18 Å². The van der Waals surface area contributed by atoms with Crippen molar-refractivity contribution in [1.82, 2.24) is 25.1 Å². The second-order valence-corrected chi connectivity index (χ2v) is 5.69. The average molecular weight is 363 g/mol. The Hall–Kier alpha value is -3.17. The normalized spacial score (nSPS) is 12.7. The molecule has 26 heavy (non-hydrogen) atoms. The number of aromatic amines is 1. The smallest absolute Gasteiger partial charge is 0.363 e. The van der Waals surface area contributed by atoms with Crippen LogP contribution in [-0.4, -0.2) is 39.2 Å². The van der Waals surface area contributed by atoms with Crippen molar-refractivity contribution in [1.29, 1.82) is 0 Å². The van der Waals surface area contributed by atoms with Crippen LogP contribution < -0.4 is 10.2 Å². The third-order valence-corrected chi connectivity index (χ3v) is 3.57. The minimum absolute atomic E-state index is 0.138. The predicted octanol–water partition coefficient (Wildman–Crippen LogP) is 2.88. The zero-order valence-corrected chi connectivity index (χ0v) is 14.0. The summed E-state index contributed by atoms with van der Waals surface area (Å²) in [7, 11) is 3.22. The van der Waals surface area contributed by atoms with Gasteiger partial charge in [0, 0.05) is 20.2 Å². The lowest BCUT2D eigenvalue weighted by Gasteiger charge is -2.20. The van der Waals surface area contributed by atoms with E-state index in [9.17, 15) is 13.2 Å². The molecule has 2 N–H and O–H groups in total. The van der Waals surface area contributed by atoms with E-state index in [2.05, 4.69) is 30.5 Å². The molecule has 1 aromatic carbocycles. The molecule has 2 aromatic heterocycles. The van der Waals surface area contributed by atoms with Crippen molar-refractivity contribution in [2.75, 3.05) is 24.3 Å². The van der Waals surface area contributed by atoms with Crippen molar-refractivity contribution in [3.8, 4) is 0 Å². The van der Waals surface area contributed by atoms with Gasteiger partial charge in [0.1, 0.15) is 18.2 Å². The molecule has 136 valence electrons. The molecule has 0 spiro atoms. The average Bonchev–Trinajstić information content (AvgIpc) is 3.13. The van der Waals surface area contributed by atoms with Crippen LogP contribution in [0.1, 0.15) is 23.1 Å². The van der Waals surface area contributed by atoms with E-state index in [-0.39, 0.29) is 11.8 Å². The van der Waals surface area contributed by atoms with E-state index in [1.54, 1.807) is 14.1 Å². The molecule has 0 aliphatic rings. The van der Waals surface area contributed by atoms with E-state index < -0.39 is 17.9 Å². The van der Waals surface area contributed by atoms with Gasteiger partial charge in [-0.1, -0.05) is 30.3 Å². The molecule has 3 rings (SSSR count). The number of halogens is 3. The Labute approximate surface area is 147 Å². The highest BCUT2D eigenvalue weighted by Crippen LogP contribution is 2.31. The quantitative estimate of drug-likeness (QED) is 0.725. The number of hydrogen-bond acceptors (Lipinski definition) is 6. The highest BCUT2D eigenvalue weighted by atomic mass is 19.4. The van der Waals surface area contributed by atoms with Crippen molar-refractivity contribution in [3.63, 3.8) is 0 Å². The SMILES string of the molecule is CN(C)c1cc(C(F)(F)F)nc(N[C@@H](c2ccccc2)c2ncn[nH]2)n1. The van der Waals surface area contributed by atoms with Crippen LogP contribution in [0.5, 0.6) is 0 Å². The zero-order chi connectivity index (χ0) is 18.7. The fraction of sp³-hybridized carbons (Fsp3) is 0.250. The van der Waals surface area contributed by atoms with Gasteiger partial charge in [0.05, 0.1) is 0 Å². The van der Waals surface area contributed by atoms with E-state index in [0.717, 1.165) is 11.6 Å².